The maximum absolute atomic E-state index is 11.9. The van der Waals surface area contributed by atoms with Crippen LogP contribution in [0.4, 0.5) is 5.82 Å². The molecule has 3 unspecified atom stereocenters. The summed E-state index contributed by atoms with van der Waals surface area (Å²) in [6.07, 6.45) is 6.47. The predicted molar refractivity (Wildman–Crippen MR) is 84.0 cm³/mol. The van der Waals surface area contributed by atoms with Crippen molar-refractivity contribution < 1.29 is 8.42 Å². The van der Waals surface area contributed by atoms with E-state index in [1.54, 1.807) is 18.3 Å². The first kappa shape index (κ1) is 14.8. The Morgan fingerprint density at radius 1 is 1.33 bits per heavy atom. The van der Waals surface area contributed by atoms with Crippen molar-refractivity contribution in [3.8, 4) is 0 Å². The van der Waals surface area contributed by atoms with Gasteiger partial charge in [0, 0.05) is 18.5 Å². The van der Waals surface area contributed by atoms with Crippen LogP contribution in [-0.4, -0.2) is 25.7 Å². The molecule has 2 aliphatic carbocycles. The van der Waals surface area contributed by atoms with Crippen LogP contribution in [0.5, 0.6) is 0 Å². The van der Waals surface area contributed by atoms with Gasteiger partial charge in [-0.25, -0.2) is 13.4 Å². The second-order valence-electron chi connectivity index (χ2n) is 7.43. The molecular weight excluding hydrogens is 284 g/mol. The molecule has 1 aromatic rings. The van der Waals surface area contributed by atoms with E-state index in [1.807, 2.05) is 0 Å². The van der Waals surface area contributed by atoms with Crippen LogP contribution in [0.1, 0.15) is 40.0 Å². The van der Waals surface area contributed by atoms with Gasteiger partial charge in [0.1, 0.15) is 10.7 Å². The molecule has 2 saturated carbocycles. The summed E-state index contributed by atoms with van der Waals surface area (Å²) >= 11 is 0. The zero-order valence-corrected chi connectivity index (χ0v) is 14.0. The van der Waals surface area contributed by atoms with E-state index in [0.717, 1.165) is 6.42 Å². The Bertz CT molecular complexity index is 669. The van der Waals surface area contributed by atoms with Crippen molar-refractivity contribution in [3.05, 3.63) is 18.3 Å². The van der Waals surface area contributed by atoms with E-state index in [4.69, 9.17) is 0 Å². The largest absolute Gasteiger partial charge is 0.366 e. The summed E-state index contributed by atoms with van der Waals surface area (Å²) in [6.45, 7) is 7.03. The van der Waals surface area contributed by atoms with E-state index in [0.29, 0.717) is 28.1 Å². The SMILES string of the molecule is CC1(C)C2CCC1(C)C(Nc1ncccc1S(C)(=O)=O)C2. The van der Waals surface area contributed by atoms with Gasteiger partial charge in [0.2, 0.25) is 0 Å². The Morgan fingerprint density at radius 3 is 2.57 bits per heavy atom. The number of aromatic nitrogens is 1. The van der Waals surface area contributed by atoms with Crippen molar-refractivity contribution in [2.45, 2.75) is 51.0 Å². The first-order valence-electron chi connectivity index (χ1n) is 7.58. The fourth-order valence-corrected chi connectivity index (χ4v) is 5.17. The molecule has 3 atom stereocenters. The third-order valence-electron chi connectivity index (χ3n) is 6.28. The highest BCUT2D eigenvalue weighted by atomic mass is 32.2. The van der Waals surface area contributed by atoms with E-state index in [1.165, 1.54) is 19.1 Å². The predicted octanol–water partition coefficient (Wildman–Crippen LogP) is 3.11. The highest BCUT2D eigenvalue weighted by Gasteiger charge is 2.61. The van der Waals surface area contributed by atoms with Gasteiger partial charge < -0.3 is 5.32 Å². The van der Waals surface area contributed by atoms with Gasteiger partial charge in [0.05, 0.1) is 0 Å². The summed E-state index contributed by atoms with van der Waals surface area (Å²) in [7, 11) is -3.26. The third kappa shape index (κ3) is 2.08. The van der Waals surface area contributed by atoms with Gasteiger partial charge in [-0.1, -0.05) is 20.8 Å². The summed E-state index contributed by atoms with van der Waals surface area (Å²) in [4.78, 5) is 4.58. The van der Waals surface area contributed by atoms with Crippen LogP contribution in [0.2, 0.25) is 0 Å². The molecule has 0 amide bonds. The smallest absolute Gasteiger partial charge is 0.179 e. The van der Waals surface area contributed by atoms with Gasteiger partial charge in [-0.05, 0) is 48.1 Å². The molecular formula is C16H24N2O2S. The zero-order chi connectivity index (χ0) is 15.5. The monoisotopic (exact) mass is 308 g/mol. The lowest BCUT2D eigenvalue weighted by Crippen LogP contribution is -2.40. The number of hydrogen-bond donors (Lipinski definition) is 1. The second kappa shape index (κ2) is 4.45. The van der Waals surface area contributed by atoms with Gasteiger partial charge in [0.25, 0.3) is 0 Å². The molecule has 2 fully saturated rings. The average Bonchev–Trinajstić information content (AvgIpc) is 2.71. The molecule has 0 radical (unpaired) electrons. The van der Waals surface area contributed by atoms with Gasteiger partial charge in [-0.3, -0.25) is 0 Å². The van der Waals surface area contributed by atoms with Crippen LogP contribution in [0.15, 0.2) is 23.2 Å². The minimum Gasteiger partial charge on any atom is -0.366 e. The lowest BCUT2D eigenvalue weighted by molar-refractivity contribution is 0.142. The van der Waals surface area contributed by atoms with Crippen LogP contribution >= 0.6 is 0 Å². The molecule has 0 aliphatic heterocycles. The lowest BCUT2D eigenvalue weighted by Gasteiger charge is -2.39. The summed E-state index contributed by atoms with van der Waals surface area (Å²) in [5.74, 6) is 1.22. The lowest BCUT2D eigenvalue weighted by atomic mass is 9.69. The van der Waals surface area contributed by atoms with Crippen molar-refractivity contribution in [2.24, 2.45) is 16.7 Å². The van der Waals surface area contributed by atoms with Gasteiger partial charge >= 0.3 is 0 Å². The quantitative estimate of drug-likeness (QED) is 0.932. The molecule has 4 nitrogen and oxygen atoms in total. The van der Waals surface area contributed by atoms with Gasteiger partial charge in [0.15, 0.2) is 9.84 Å². The standard InChI is InChI=1S/C16H24N2O2S/c1-15(2)11-7-8-16(15,3)13(10-11)18-14-12(21(4,19)20)6-5-9-17-14/h5-6,9,11,13H,7-8,10H2,1-4H3,(H,17,18). The summed E-state index contributed by atoms with van der Waals surface area (Å²) < 4.78 is 23.8. The fourth-order valence-electron chi connectivity index (χ4n) is 4.39. The molecule has 0 aromatic carbocycles. The molecule has 2 aliphatic rings. The van der Waals surface area contributed by atoms with Crippen molar-refractivity contribution >= 4 is 15.7 Å². The topological polar surface area (TPSA) is 59.1 Å². The van der Waals surface area contributed by atoms with E-state index < -0.39 is 9.84 Å². The second-order valence-corrected chi connectivity index (χ2v) is 9.41. The number of pyridine rings is 1. The zero-order valence-electron chi connectivity index (χ0n) is 13.2. The maximum atomic E-state index is 11.9. The molecule has 116 valence electrons. The maximum Gasteiger partial charge on any atom is 0.179 e. The Labute approximate surface area is 127 Å². The van der Waals surface area contributed by atoms with Crippen LogP contribution in [0.25, 0.3) is 0 Å². The minimum atomic E-state index is -3.26. The summed E-state index contributed by atoms with van der Waals surface area (Å²) in [5, 5.41) is 3.45. The molecule has 5 heteroatoms. The Hall–Kier alpha value is -1.10. The fraction of sp³-hybridized carbons (Fsp3) is 0.688. The normalized spacial score (nSPS) is 34.1. The number of hydrogen-bond acceptors (Lipinski definition) is 4. The van der Waals surface area contributed by atoms with Crippen molar-refractivity contribution in [1.29, 1.82) is 0 Å². The molecule has 21 heavy (non-hydrogen) atoms. The summed E-state index contributed by atoms with van der Waals surface area (Å²) in [6, 6.07) is 3.60. The number of rotatable bonds is 3. The number of anilines is 1. The number of nitrogens with zero attached hydrogens (tertiary/aromatic N) is 1. The van der Waals surface area contributed by atoms with Crippen LogP contribution < -0.4 is 5.32 Å². The molecule has 1 aromatic heterocycles. The molecule has 2 bridgehead atoms. The Kier molecular flexibility index (Phi) is 3.14. The first-order valence-corrected chi connectivity index (χ1v) is 9.47. The third-order valence-corrected chi connectivity index (χ3v) is 7.40. The van der Waals surface area contributed by atoms with Crippen molar-refractivity contribution in [2.75, 3.05) is 11.6 Å². The van der Waals surface area contributed by atoms with Gasteiger partial charge in [-0.2, -0.15) is 0 Å². The summed E-state index contributed by atoms with van der Waals surface area (Å²) in [5.41, 5.74) is 0.495. The number of sulfone groups is 1. The molecule has 1 heterocycles. The minimum absolute atomic E-state index is 0.198. The van der Waals surface area contributed by atoms with Crippen LogP contribution in [0, 0.1) is 16.7 Å². The van der Waals surface area contributed by atoms with Crippen LogP contribution in [0.3, 0.4) is 0 Å². The first-order chi connectivity index (χ1) is 9.66. The van der Waals surface area contributed by atoms with Crippen molar-refractivity contribution in [1.82, 2.24) is 4.98 Å². The van der Waals surface area contributed by atoms with Crippen LogP contribution in [-0.2, 0) is 9.84 Å². The molecule has 0 saturated heterocycles. The van der Waals surface area contributed by atoms with Crippen molar-refractivity contribution in [3.63, 3.8) is 0 Å². The number of nitrogens with one attached hydrogen (secondary N) is 1. The molecule has 0 spiro atoms. The molecule has 1 N–H and O–H groups in total. The van der Waals surface area contributed by atoms with E-state index in [-0.39, 0.29) is 5.41 Å². The van der Waals surface area contributed by atoms with Gasteiger partial charge in [-0.15, -0.1) is 0 Å². The Morgan fingerprint density at radius 2 is 2.05 bits per heavy atom. The van der Waals surface area contributed by atoms with E-state index >= 15 is 0 Å². The number of fused-ring (bicyclic) bond motifs is 2. The molecule has 3 rings (SSSR count). The highest BCUT2D eigenvalue weighted by molar-refractivity contribution is 7.90. The van der Waals surface area contributed by atoms with E-state index in [2.05, 4.69) is 31.1 Å². The Balaban J connectivity index is 1.94. The highest BCUT2D eigenvalue weighted by Crippen LogP contribution is 2.65. The van der Waals surface area contributed by atoms with E-state index in [9.17, 15) is 8.42 Å². The average molecular weight is 308 g/mol.